The fraction of sp³-hybridized carbons (Fsp3) is 0.500. The predicted molar refractivity (Wildman–Crippen MR) is 154 cm³/mol. The molecule has 9 heteroatoms. The smallest absolute Gasteiger partial charge is 0.248 e. The van der Waals surface area contributed by atoms with Crippen molar-refractivity contribution >= 4 is 46.8 Å². The first-order chi connectivity index (χ1) is 18.8. The summed E-state index contributed by atoms with van der Waals surface area (Å²) >= 11 is 7.71. The first kappa shape index (κ1) is 28.0. The van der Waals surface area contributed by atoms with Gasteiger partial charge < -0.3 is 20.6 Å². The zero-order valence-corrected chi connectivity index (χ0v) is 23.8. The molecule has 3 fully saturated rings. The average Bonchev–Trinajstić information content (AvgIpc) is 3.49. The number of rotatable bonds is 11. The number of aliphatic hydroxyl groups is 1. The van der Waals surface area contributed by atoms with E-state index in [4.69, 9.17) is 16.7 Å². The van der Waals surface area contributed by atoms with Crippen LogP contribution in [0.1, 0.15) is 51.0 Å². The maximum absolute atomic E-state index is 14.1. The van der Waals surface area contributed by atoms with Crippen molar-refractivity contribution in [3.8, 4) is 0 Å². The number of anilines is 1. The molecule has 3 aliphatic heterocycles. The molecule has 2 aromatic rings. The summed E-state index contributed by atoms with van der Waals surface area (Å²) in [5.41, 5.74) is 1.63. The molecular formula is C30H36ClN3O4S. The van der Waals surface area contributed by atoms with Crippen LogP contribution in [0.3, 0.4) is 0 Å². The van der Waals surface area contributed by atoms with Crippen molar-refractivity contribution in [2.45, 2.75) is 67.5 Å². The highest BCUT2D eigenvalue weighted by molar-refractivity contribution is 8.02. The molecule has 3 heterocycles. The summed E-state index contributed by atoms with van der Waals surface area (Å²) in [5, 5.41) is 15.8. The molecule has 5 atom stereocenters. The Kier molecular flexibility index (Phi) is 8.26. The molecule has 2 unspecified atom stereocenters. The van der Waals surface area contributed by atoms with Crippen molar-refractivity contribution in [2.75, 3.05) is 18.5 Å². The Morgan fingerprint density at radius 1 is 1.03 bits per heavy atom. The Balaban J connectivity index is 1.41. The van der Waals surface area contributed by atoms with Crippen molar-refractivity contribution in [2.24, 2.45) is 11.8 Å². The van der Waals surface area contributed by atoms with Gasteiger partial charge in [0.25, 0.3) is 0 Å². The molecule has 3 saturated heterocycles. The third kappa shape index (κ3) is 5.31. The van der Waals surface area contributed by atoms with E-state index in [1.165, 1.54) is 0 Å². The van der Waals surface area contributed by atoms with Gasteiger partial charge in [-0.3, -0.25) is 14.4 Å². The zero-order valence-electron chi connectivity index (χ0n) is 22.2. The minimum absolute atomic E-state index is 0.0933. The summed E-state index contributed by atoms with van der Waals surface area (Å²) in [5.74, 6) is -1.47. The first-order valence-corrected chi connectivity index (χ1v) is 15.0. The molecule has 5 rings (SSSR count). The number of amides is 3. The van der Waals surface area contributed by atoms with Crippen LogP contribution >= 0.6 is 23.4 Å². The summed E-state index contributed by atoms with van der Waals surface area (Å²) < 4.78 is -1.06. The van der Waals surface area contributed by atoms with E-state index in [0.717, 1.165) is 37.7 Å². The van der Waals surface area contributed by atoms with Gasteiger partial charge in [0.2, 0.25) is 17.7 Å². The number of aliphatic hydroxyl groups excluding tert-OH is 1. The van der Waals surface area contributed by atoms with Crippen LogP contribution in [-0.4, -0.2) is 56.4 Å². The highest BCUT2D eigenvalue weighted by Gasteiger charge is 2.76. The average molecular weight is 570 g/mol. The second-order valence-corrected chi connectivity index (χ2v) is 13.4. The van der Waals surface area contributed by atoms with Crippen LogP contribution in [0.25, 0.3) is 0 Å². The highest BCUT2D eigenvalue weighted by atomic mass is 35.5. The normalized spacial score (nSPS) is 28.9. The lowest BCUT2D eigenvalue weighted by atomic mass is 9.66. The van der Waals surface area contributed by atoms with E-state index in [2.05, 4.69) is 17.6 Å². The quantitative estimate of drug-likeness (QED) is 0.343. The Labute approximate surface area is 239 Å². The molecule has 0 aromatic heterocycles. The lowest BCUT2D eigenvalue weighted by Gasteiger charge is -2.34. The van der Waals surface area contributed by atoms with Gasteiger partial charge in [-0.05, 0) is 62.4 Å². The molecule has 3 amide bonds. The molecule has 39 heavy (non-hydrogen) atoms. The van der Waals surface area contributed by atoms with Crippen molar-refractivity contribution in [3.63, 3.8) is 0 Å². The first-order valence-electron chi connectivity index (χ1n) is 13.8. The number of nitrogens with one attached hydrogen (secondary N) is 2. The molecule has 1 spiro atoms. The second-order valence-electron chi connectivity index (χ2n) is 11.1. The van der Waals surface area contributed by atoms with Gasteiger partial charge in [-0.15, -0.1) is 11.8 Å². The van der Waals surface area contributed by atoms with Gasteiger partial charge in [0.05, 0.1) is 16.6 Å². The number of benzene rings is 2. The number of hydrogen-bond acceptors (Lipinski definition) is 5. The van der Waals surface area contributed by atoms with Crippen LogP contribution in [0, 0.1) is 11.8 Å². The van der Waals surface area contributed by atoms with E-state index in [1.54, 1.807) is 40.9 Å². The maximum Gasteiger partial charge on any atom is 0.248 e. The topological polar surface area (TPSA) is 98.7 Å². The van der Waals surface area contributed by atoms with E-state index in [1.807, 2.05) is 30.3 Å². The van der Waals surface area contributed by atoms with Gasteiger partial charge in [0.15, 0.2) is 0 Å². The molecule has 208 valence electrons. The fourth-order valence-electron chi connectivity index (χ4n) is 6.75. The second kappa shape index (κ2) is 11.5. The van der Waals surface area contributed by atoms with Gasteiger partial charge >= 0.3 is 0 Å². The molecule has 3 N–H and O–H groups in total. The van der Waals surface area contributed by atoms with Crippen LogP contribution in [0.2, 0.25) is 5.02 Å². The van der Waals surface area contributed by atoms with E-state index in [0.29, 0.717) is 30.2 Å². The minimum atomic E-state index is -0.665. The Morgan fingerprint density at radius 3 is 2.46 bits per heavy atom. The van der Waals surface area contributed by atoms with Gasteiger partial charge in [0, 0.05) is 35.2 Å². The van der Waals surface area contributed by atoms with Crippen molar-refractivity contribution in [1.29, 1.82) is 0 Å². The molecule has 0 radical (unpaired) electrons. The van der Waals surface area contributed by atoms with E-state index in [9.17, 15) is 14.4 Å². The number of thioether (sulfide) groups is 1. The number of fused-ring (bicyclic) bond motifs is 1. The molecule has 2 aromatic carbocycles. The zero-order chi connectivity index (χ0) is 27.6. The molecule has 0 aliphatic carbocycles. The third-order valence-electron chi connectivity index (χ3n) is 8.54. The molecule has 0 saturated carbocycles. The van der Waals surface area contributed by atoms with E-state index in [-0.39, 0.29) is 24.3 Å². The number of carbonyl (C=O) groups excluding carboxylic acids is 3. The van der Waals surface area contributed by atoms with Crippen LogP contribution < -0.4 is 10.6 Å². The van der Waals surface area contributed by atoms with Crippen LogP contribution in [-0.2, 0) is 20.9 Å². The number of nitrogens with zero attached hydrogens (tertiary/aromatic N) is 1. The summed E-state index contributed by atoms with van der Waals surface area (Å²) in [6.07, 6.45) is 4.68. The van der Waals surface area contributed by atoms with Gasteiger partial charge in [-0.25, -0.2) is 0 Å². The highest BCUT2D eigenvalue weighted by Crippen LogP contribution is 2.71. The fourth-order valence-corrected chi connectivity index (χ4v) is 9.24. The Hall–Kier alpha value is -2.55. The van der Waals surface area contributed by atoms with Crippen LogP contribution in [0.15, 0.2) is 54.6 Å². The molecular weight excluding hydrogens is 534 g/mol. The number of hydrogen-bond donors (Lipinski definition) is 3. The number of halogens is 1. The lowest BCUT2D eigenvalue weighted by molar-refractivity contribution is -0.140. The summed E-state index contributed by atoms with van der Waals surface area (Å²) in [6.45, 7) is 3.09. The largest absolute Gasteiger partial charge is 0.396 e. The van der Waals surface area contributed by atoms with Gasteiger partial charge in [-0.2, -0.15) is 0 Å². The Morgan fingerprint density at radius 2 is 1.74 bits per heavy atom. The predicted octanol–water partition coefficient (Wildman–Crippen LogP) is 4.63. The van der Waals surface area contributed by atoms with Crippen molar-refractivity contribution in [1.82, 2.24) is 10.2 Å². The van der Waals surface area contributed by atoms with E-state index >= 15 is 0 Å². The third-order valence-corrected chi connectivity index (χ3v) is 10.8. The monoisotopic (exact) mass is 569 g/mol. The summed E-state index contributed by atoms with van der Waals surface area (Å²) in [6, 6.07) is 16.0. The summed E-state index contributed by atoms with van der Waals surface area (Å²) in [7, 11) is 0. The number of likely N-dealkylation sites (tertiary alicyclic amines) is 1. The lowest BCUT2D eigenvalue weighted by Crippen LogP contribution is -2.52. The molecule has 7 nitrogen and oxygen atoms in total. The standard InChI is InChI=1S/C30H36ClN3O4S/c1-29-15-16-30(39-29)24(23(29)26(36)32-19-20-9-5-4-6-10-20)28(38)34(17-7-2-3-8-18-35)25(30)27(37)33-22-13-11-21(31)12-14-22/h4-6,9-14,23-25,35H,2-3,7-8,15-19H2,1H3,(H,32,36)(H,33,37)/t23-,24-,25?,29+,30?/m0/s1. The molecule has 2 bridgehead atoms. The van der Waals surface area contributed by atoms with Gasteiger partial charge in [-0.1, -0.05) is 54.8 Å². The van der Waals surface area contributed by atoms with Crippen molar-refractivity contribution in [3.05, 3.63) is 65.2 Å². The van der Waals surface area contributed by atoms with Crippen molar-refractivity contribution < 1.29 is 19.5 Å². The Bertz CT molecular complexity index is 1210. The van der Waals surface area contributed by atoms with Gasteiger partial charge in [0.1, 0.15) is 6.04 Å². The number of carbonyl (C=O) groups is 3. The van der Waals surface area contributed by atoms with Crippen LogP contribution in [0.5, 0.6) is 0 Å². The SMILES string of the molecule is C[C@]12CCC3(S1)C(C(=O)Nc1ccc(Cl)cc1)N(CCCCCCO)C(=O)[C@@H]3[C@H]2C(=O)NCc1ccccc1. The minimum Gasteiger partial charge on any atom is -0.396 e. The number of unbranched alkanes of at least 4 members (excludes halogenated alkanes) is 3. The molecule has 3 aliphatic rings. The summed E-state index contributed by atoms with van der Waals surface area (Å²) in [4.78, 5) is 43.5. The van der Waals surface area contributed by atoms with E-state index < -0.39 is 27.4 Å². The maximum atomic E-state index is 14.1. The van der Waals surface area contributed by atoms with Crippen LogP contribution in [0.4, 0.5) is 5.69 Å².